The van der Waals surface area contributed by atoms with Crippen molar-refractivity contribution in [1.29, 1.82) is 0 Å². The number of benzene rings is 1. The summed E-state index contributed by atoms with van der Waals surface area (Å²) in [5, 5.41) is 2.56. The van der Waals surface area contributed by atoms with E-state index < -0.39 is 5.97 Å². The van der Waals surface area contributed by atoms with Crippen LogP contribution in [0.3, 0.4) is 0 Å². The average Bonchev–Trinajstić information content (AvgIpc) is 2.96. The molecule has 0 aliphatic carbocycles. The van der Waals surface area contributed by atoms with E-state index in [9.17, 15) is 14.0 Å². The second-order valence-corrected chi connectivity index (χ2v) is 6.28. The summed E-state index contributed by atoms with van der Waals surface area (Å²) in [4.78, 5) is 25.9. The van der Waals surface area contributed by atoms with Crippen molar-refractivity contribution >= 4 is 11.9 Å². The minimum atomic E-state index is -0.508. The lowest BCUT2D eigenvalue weighted by molar-refractivity contribution is -0.139. The molecule has 1 aliphatic heterocycles. The third-order valence-corrected chi connectivity index (χ3v) is 4.47. The Morgan fingerprint density at radius 2 is 2.04 bits per heavy atom. The van der Waals surface area contributed by atoms with Crippen molar-refractivity contribution in [1.82, 2.24) is 10.2 Å². The molecule has 0 bridgehead atoms. The van der Waals surface area contributed by atoms with Gasteiger partial charge in [0, 0.05) is 31.6 Å². The van der Waals surface area contributed by atoms with Crippen molar-refractivity contribution in [2.24, 2.45) is 0 Å². The number of carbonyl (C=O) groups excluding carboxylic acids is 2. The van der Waals surface area contributed by atoms with Crippen molar-refractivity contribution in [3.05, 3.63) is 58.3 Å². The van der Waals surface area contributed by atoms with Crippen LogP contribution >= 0.6 is 0 Å². The molecular weight excluding hydrogens is 339 g/mol. The van der Waals surface area contributed by atoms with Crippen LogP contribution in [-0.4, -0.2) is 37.0 Å². The number of fused-ring (bicyclic) bond motifs is 1. The van der Waals surface area contributed by atoms with Gasteiger partial charge in [0.25, 0.3) is 5.91 Å². The predicted octanol–water partition coefficient (Wildman–Crippen LogP) is 2.19. The highest BCUT2D eigenvalue weighted by Gasteiger charge is 2.28. The van der Waals surface area contributed by atoms with Crippen LogP contribution in [0.4, 0.5) is 4.39 Å². The third-order valence-electron chi connectivity index (χ3n) is 4.47. The van der Waals surface area contributed by atoms with Gasteiger partial charge in [0.2, 0.25) is 0 Å². The normalized spacial score (nSPS) is 14.0. The molecular formula is C19H21FN2O4. The Kier molecular flexibility index (Phi) is 5.37. The maximum absolute atomic E-state index is 13.1. The van der Waals surface area contributed by atoms with Crippen molar-refractivity contribution in [3.63, 3.8) is 0 Å². The van der Waals surface area contributed by atoms with Crippen LogP contribution in [0.2, 0.25) is 0 Å². The van der Waals surface area contributed by atoms with Gasteiger partial charge in [-0.1, -0.05) is 12.1 Å². The third kappa shape index (κ3) is 3.94. The molecule has 1 amide bonds. The number of esters is 1. The Balaban J connectivity index is 1.73. The lowest BCUT2D eigenvalue weighted by Gasteiger charge is -2.26. The number of hydrogen-bond donors (Lipinski definition) is 1. The van der Waals surface area contributed by atoms with E-state index in [0.717, 1.165) is 23.4 Å². The van der Waals surface area contributed by atoms with Gasteiger partial charge in [0.15, 0.2) is 0 Å². The Morgan fingerprint density at radius 3 is 2.73 bits per heavy atom. The van der Waals surface area contributed by atoms with Crippen LogP contribution in [0.1, 0.15) is 33.0 Å². The molecule has 0 unspecified atom stereocenters. The number of nitrogens with zero attached hydrogens (tertiary/aromatic N) is 1. The molecule has 1 aromatic heterocycles. The van der Waals surface area contributed by atoms with E-state index in [1.165, 1.54) is 19.2 Å². The zero-order valence-corrected chi connectivity index (χ0v) is 14.8. The molecule has 1 aliphatic rings. The Morgan fingerprint density at radius 1 is 1.31 bits per heavy atom. The van der Waals surface area contributed by atoms with E-state index in [1.54, 1.807) is 19.1 Å². The van der Waals surface area contributed by atoms with Crippen LogP contribution in [0.15, 0.2) is 28.7 Å². The summed E-state index contributed by atoms with van der Waals surface area (Å²) < 4.78 is 23.4. The van der Waals surface area contributed by atoms with Crippen LogP contribution in [0.5, 0.6) is 0 Å². The van der Waals surface area contributed by atoms with E-state index >= 15 is 0 Å². The summed E-state index contributed by atoms with van der Waals surface area (Å²) in [5.74, 6) is 0.236. The highest BCUT2D eigenvalue weighted by Crippen LogP contribution is 2.28. The number of methoxy groups -OCH3 is 1. The molecule has 0 spiro atoms. The Hall–Kier alpha value is -2.67. The summed E-state index contributed by atoms with van der Waals surface area (Å²) >= 11 is 0. The summed E-state index contributed by atoms with van der Waals surface area (Å²) in [7, 11) is 1.27. The molecule has 0 saturated carbocycles. The molecule has 2 aromatic rings. The van der Waals surface area contributed by atoms with Crippen LogP contribution in [0.25, 0.3) is 0 Å². The summed E-state index contributed by atoms with van der Waals surface area (Å²) in [6, 6.07) is 6.40. The Bertz CT molecular complexity index is 814. The minimum absolute atomic E-state index is 0.186. The van der Waals surface area contributed by atoms with Gasteiger partial charge in [0.05, 0.1) is 12.7 Å². The molecule has 0 fully saturated rings. The van der Waals surface area contributed by atoms with E-state index in [1.807, 2.05) is 0 Å². The number of furan rings is 1. The maximum atomic E-state index is 13.1. The minimum Gasteiger partial charge on any atom is -0.468 e. The van der Waals surface area contributed by atoms with Gasteiger partial charge in [-0.2, -0.15) is 0 Å². The van der Waals surface area contributed by atoms with E-state index in [0.29, 0.717) is 30.8 Å². The van der Waals surface area contributed by atoms with E-state index in [4.69, 9.17) is 4.42 Å². The summed E-state index contributed by atoms with van der Waals surface area (Å²) in [6.07, 6.45) is 0.696. The van der Waals surface area contributed by atoms with E-state index in [2.05, 4.69) is 15.0 Å². The fraction of sp³-hybridized carbons (Fsp3) is 0.368. The number of amides is 1. The van der Waals surface area contributed by atoms with Gasteiger partial charge >= 0.3 is 5.97 Å². The van der Waals surface area contributed by atoms with Crippen molar-refractivity contribution in [3.8, 4) is 0 Å². The predicted molar refractivity (Wildman–Crippen MR) is 92.0 cm³/mol. The quantitative estimate of drug-likeness (QED) is 0.828. The van der Waals surface area contributed by atoms with Gasteiger partial charge < -0.3 is 14.5 Å². The van der Waals surface area contributed by atoms with Gasteiger partial charge in [-0.15, -0.1) is 0 Å². The first-order valence-electron chi connectivity index (χ1n) is 8.41. The molecule has 0 saturated heterocycles. The number of ether oxygens (including phenoxy) is 1. The Labute approximate surface area is 150 Å². The summed E-state index contributed by atoms with van der Waals surface area (Å²) in [5.41, 5.74) is 2.33. The first kappa shape index (κ1) is 18.1. The molecule has 1 aromatic carbocycles. The second kappa shape index (κ2) is 7.70. The fourth-order valence-corrected chi connectivity index (χ4v) is 3.17. The lowest BCUT2D eigenvalue weighted by Crippen LogP contribution is -2.33. The van der Waals surface area contributed by atoms with Crippen LogP contribution in [0, 0.1) is 12.7 Å². The van der Waals surface area contributed by atoms with Crippen molar-refractivity contribution < 1.29 is 23.1 Å². The zero-order valence-electron chi connectivity index (χ0n) is 14.8. The number of hydrogen-bond acceptors (Lipinski definition) is 5. The van der Waals surface area contributed by atoms with E-state index in [-0.39, 0.29) is 18.3 Å². The molecule has 2 heterocycles. The van der Waals surface area contributed by atoms with Crippen molar-refractivity contribution in [2.45, 2.75) is 26.4 Å². The van der Waals surface area contributed by atoms with Gasteiger partial charge in [-0.25, -0.2) is 4.39 Å². The zero-order chi connectivity index (χ0) is 18.7. The molecule has 7 heteroatoms. The van der Waals surface area contributed by atoms with Crippen LogP contribution in [-0.2, 0) is 29.0 Å². The molecule has 6 nitrogen and oxygen atoms in total. The maximum Gasteiger partial charge on any atom is 0.325 e. The number of aryl methyl sites for hydroxylation is 1. The second-order valence-electron chi connectivity index (χ2n) is 6.28. The molecule has 0 atom stereocenters. The monoisotopic (exact) mass is 360 g/mol. The van der Waals surface area contributed by atoms with Gasteiger partial charge in [0.1, 0.15) is 23.9 Å². The fourth-order valence-electron chi connectivity index (χ4n) is 3.17. The molecule has 1 N–H and O–H groups in total. The first-order valence-corrected chi connectivity index (χ1v) is 8.41. The number of halogens is 1. The highest BCUT2D eigenvalue weighted by molar-refractivity contribution is 5.98. The first-order chi connectivity index (χ1) is 12.5. The number of rotatable bonds is 5. The topological polar surface area (TPSA) is 71.8 Å². The highest BCUT2D eigenvalue weighted by atomic mass is 19.1. The SMILES string of the molecule is COC(=O)CNC(=O)c1c(C)oc2c1CN(Cc1ccc(F)cc1)CC2. The molecule has 26 heavy (non-hydrogen) atoms. The molecule has 3 rings (SSSR count). The van der Waals surface area contributed by atoms with Gasteiger partial charge in [-0.05, 0) is 24.6 Å². The summed E-state index contributed by atoms with van der Waals surface area (Å²) in [6.45, 7) is 3.57. The standard InChI is InChI=1S/C19H21FN2O4/c1-12-18(19(24)21-9-17(23)25-2)15-11-22(8-7-16(15)26-12)10-13-3-5-14(20)6-4-13/h3-6H,7-11H2,1-2H3,(H,21,24). The molecule has 0 radical (unpaired) electrons. The number of carbonyl (C=O) groups is 2. The van der Waals surface area contributed by atoms with Crippen molar-refractivity contribution in [2.75, 3.05) is 20.2 Å². The van der Waals surface area contributed by atoms with Crippen LogP contribution < -0.4 is 5.32 Å². The lowest BCUT2D eigenvalue weighted by atomic mass is 10.0. The number of nitrogens with one attached hydrogen (secondary N) is 1. The largest absolute Gasteiger partial charge is 0.468 e. The molecule has 138 valence electrons. The van der Waals surface area contributed by atoms with Gasteiger partial charge in [-0.3, -0.25) is 14.5 Å². The smallest absolute Gasteiger partial charge is 0.325 e. The average molecular weight is 360 g/mol.